The molecule has 0 saturated carbocycles. The third-order valence-electron chi connectivity index (χ3n) is 6.02. The van der Waals surface area contributed by atoms with Gasteiger partial charge >= 0.3 is 0 Å². The minimum Gasteiger partial charge on any atom is -0.489 e. The fourth-order valence-corrected chi connectivity index (χ4v) is 3.58. The Bertz CT molecular complexity index is 1350. The number of likely N-dealkylation sites (N-methyl/N-ethyl adjacent to an activating group) is 2. The zero-order valence-electron chi connectivity index (χ0n) is 24.1. The van der Waals surface area contributed by atoms with Crippen molar-refractivity contribution in [2.24, 2.45) is 0 Å². The number of nitrogens with zero attached hydrogens (tertiary/aromatic N) is 4. The van der Waals surface area contributed by atoms with Crippen LogP contribution in [-0.2, 0) is 16.2 Å². The number of hydrogen-bond donors (Lipinski definition) is 3. The van der Waals surface area contributed by atoms with E-state index in [1.54, 1.807) is 62.6 Å². The van der Waals surface area contributed by atoms with E-state index in [-0.39, 0.29) is 24.2 Å². The van der Waals surface area contributed by atoms with Gasteiger partial charge in [-0.3, -0.25) is 9.59 Å². The third kappa shape index (κ3) is 9.87. The van der Waals surface area contributed by atoms with Crippen molar-refractivity contribution in [2.75, 3.05) is 50.2 Å². The largest absolute Gasteiger partial charge is 0.489 e. The zero-order chi connectivity index (χ0) is 29.8. The molecule has 3 rings (SSSR count). The Morgan fingerprint density at radius 2 is 1.85 bits per heavy atom. The van der Waals surface area contributed by atoms with Crippen molar-refractivity contribution in [3.8, 4) is 5.75 Å². The average molecular weight is 564 g/mol. The first kappa shape index (κ1) is 31.0. The summed E-state index contributed by atoms with van der Waals surface area (Å²) in [5.74, 6) is 0.540. The van der Waals surface area contributed by atoms with Gasteiger partial charge < -0.3 is 30.5 Å². The average Bonchev–Trinajstić information content (AvgIpc) is 2.94. The summed E-state index contributed by atoms with van der Waals surface area (Å²) in [5.41, 5.74) is 1.81. The van der Waals surface area contributed by atoms with E-state index in [1.807, 2.05) is 25.9 Å². The molecule has 218 valence electrons. The van der Waals surface area contributed by atoms with Gasteiger partial charge in [-0.15, -0.1) is 0 Å². The lowest BCUT2D eigenvalue weighted by Gasteiger charge is -2.23. The molecule has 10 nitrogen and oxygen atoms in total. The van der Waals surface area contributed by atoms with Gasteiger partial charge in [0.25, 0.3) is 0 Å². The van der Waals surface area contributed by atoms with Crippen LogP contribution in [0.25, 0.3) is 0 Å². The molecule has 0 aliphatic carbocycles. The molecule has 3 N–H and O–H groups in total. The van der Waals surface area contributed by atoms with Crippen LogP contribution in [0.15, 0.2) is 66.9 Å². The maximum atomic E-state index is 13.6. The van der Waals surface area contributed by atoms with Gasteiger partial charge in [0.15, 0.2) is 0 Å². The zero-order valence-corrected chi connectivity index (χ0v) is 24.1. The SMILES string of the molecule is CCCNc1nc(Nc2cccc(F)c2)ncc1COc1cccc(NC(=O)[C@H](C)N(C)C(=O)/C=C/CN(C)C)c1. The van der Waals surface area contributed by atoms with E-state index < -0.39 is 6.04 Å². The van der Waals surface area contributed by atoms with E-state index in [2.05, 4.69) is 25.9 Å². The van der Waals surface area contributed by atoms with Crippen LogP contribution in [0, 0.1) is 5.82 Å². The number of ether oxygens (including phenoxy) is 1. The Morgan fingerprint density at radius 1 is 1.10 bits per heavy atom. The number of anilines is 4. The molecule has 41 heavy (non-hydrogen) atoms. The molecule has 1 heterocycles. The molecule has 0 radical (unpaired) electrons. The van der Waals surface area contributed by atoms with E-state index in [0.717, 1.165) is 12.0 Å². The minimum absolute atomic E-state index is 0.177. The quantitative estimate of drug-likeness (QED) is 0.243. The first-order chi connectivity index (χ1) is 19.7. The summed E-state index contributed by atoms with van der Waals surface area (Å²) in [7, 11) is 5.41. The number of carbonyl (C=O) groups is 2. The normalized spacial score (nSPS) is 11.8. The van der Waals surface area contributed by atoms with Crippen molar-refractivity contribution in [1.82, 2.24) is 19.8 Å². The van der Waals surface area contributed by atoms with Crippen LogP contribution in [0.5, 0.6) is 5.75 Å². The fraction of sp³-hybridized carbons (Fsp3) is 0.333. The van der Waals surface area contributed by atoms with Crippen molar-refractivity contribution in [3.63, 3.8) is 0 Å². The molecule has 2 aromatic carbocycles. The van der Waals surface area contributed by atoms with Crippen LogP contribution < -0.4 is 20.7 Å². The maximum absolute atomic E-state index is 13.6. The van der Waals surface area contributed by atoms with Gasteiger partial charge in [-0.25, -0.2) is 9.37 Å². The lowest BCUT2D eigenvalue weighted by molar-refractivity contribution is -0.132. The van der Waals surface area contributed by atoms with Crippen molar-refractivity contribution in [2.45, 2.75) is 32.9 Å². The summed E-state index contributed by atoms with van der Waals surface area (Å²) in [4.78, 5) is 37.5. The van der Waals surface area contributed by atoms with Crippen LogP contribution in [0.3, 0.4) is 0 Å². The molecular formula is C30H38FN7O3. The highest BCUT2D eigenvalue weighted by Gasteiger charge is 2.21. The number of hydrogen-bond acceptors (Lipinski definition) is 8. The summed E-state index contributed by atoms with van der Waals surface area (Å²) >= 11 is 0. The van der Waals surface area contributed by atoms with E-state index >= 15 is 0 Å². The molecule has 0 unspecified atom stereocenters. The number of benzene rings is 2. The van der Waals surface area contributed by atoms with E-state index in [1.165, 1.54) is 23.1 Å². The summed E-state index contributed by atoms with van der Waals surface area (Å²) < 4.78 is 19.6. The summed E-state index contributed by atoms with van der Waals surface area (Å²) in [6, 6.07) is 12.4. The Kier molecular flexibility index (Phi) is 11.6. The summed E-state index contributed by atoms with van der Waals surface area (Å²) in [6.07, 6.45) is 5.77. The smallest absolute Gasteiger partial charge is 0.246 e. The number of nitrogens with one attached hydrogen (secondary N) is 3. The monoisotopic (exact) mass is 563 g/mol. The van der Waals surface area contributed by atoms with Crippen LogP contribution in [0.4, 0.5) is 27.5 Å². The third-order valence-corrected chi connectivity index (χ3v) is 6.02. The van der Waals surface area contributed by atoms with Crippen molar-refractivity contribution in [1.29, 1.82) is 0 Å². The molecule has 0 aliphatic rings. The Hall–Kier alpha value is -4.51. The molecule has 2 amide bonds. The predicted molar refractivity (Wildman–Crippen MR) is 160 cm³/mol. The molecular weight excluding hydrogens is 525 g/mol. The number of aromatic nitrogens is 2. The molecule has 0 saturated heterocycles. The second-order valence-corrected chi connectivity index (χ2v) is 9.73. The molecule has 0 spiro atoms. The van der Waals surface area contributed by atoms with E-state index in [9.17, 15) is 14.0 Å². The second-order valence-electron chi connectivity index (χ2n) is 9.73. The van der Waals surface area contributed by atoms with Gasteiger partial charge in [0.2, 0.25) is 17.8 Å². The molecule has 1 aromatic heterocycles. The second kappa shape index (κ2) is 15.3. The van der Waals surface area contributed by atoms with Crippen LogP contribution in [0.2, 0.25) is 0 Å². The minimum atomic E-state index is -0.681. The van der Waals surface area contributed by atoms with Gasteiger partial charge in [-0.05, 0) is 57.8 Å². The van der Waals surface area contributed by atoms with Gasteiger partial charge in [-0.2, -0.15) is 4.98 Å². The van der Waals surface area contributed by atoms with Crippen LogP contribution in [0.1, 0.15) is 25.8 Å². The van der Waals surface area contributed by atoms with E-state index in [0.29, 0.717) is 42.0 Å². The number of rotatable bonds is 14. The first-order valence-corrected chi connectivity index (χ1v) is 13.4. The van der Waals surface area contributed by atoms with Crippen molar-refractivity contribution < 1.29 is 18.7 Å². The predicted octanol–water partition coefficient (Wildman–Crippen LogP) is 4.66. The first-order valence-electron chi connectivity index (χ1n) is 13.4. The number of halogens is 1. The topological polar surface area (TPSA) is 112 Å². The molecule has 11 heteroatoms. The number of amides is 2. The van der Waals surface area contributed by atoms with Gasteiger partial charge in [-0.1, -0.05) is 25.1 Å². The Morgan fingerprint density at radius 3 is 2.59 bits per heavy atom. The van der Waals surface area contributed by atoms with Crippen LogP contribution in [-0.4, -0.2) is 71.9 Å². The standard InChI is InChI=1S/C30H38FN7O3/c1-6-15-32-28-22(19-33-30(36-28)35-24-11-7-10-23(31)17-24)20-41-26-13-8-12-25(18-26)34-29(40)21(2)38(5)27(39)14-9-16-37(3)4/h7-14,17-19,21H,6,15-16,20H2,1-5H3,(H,34,40)(H2,32,33,35,36)/b14-9+/t21-/m0/s1. The lowest BCUT2D eigenvalue weighted by atomic mass is 10.2. The number of carbonyl (C=O) groups excluding carboxylic acids is 2. The molecule has 0 fully saturated rings. The Labute approximate surface area is 240 Å². The highest BCUT2D eigenvalue weighted by atomic mass is 19.1. The van der Waals surface area contributed by atoms with Crippen molar-refractivity contribution in [3.05, 3.63) is 78.3 Å². The molecule has 0 aliphatic heterocycles. The Balaban J connectivity index is 1.63. The summed E-state index contributed by atoms with van der Waals surface area (Å²) in [5, 5.41) is 9.14. The molecule has 0 bridgehead atoms. The highest BCUT2D eigenvalue weighted by Crippen LogP contribution is 2.22. The molecule has 3 aromatic rings. The van der Waals surface area contributed by atoms with Gasteiger partial charge in [0.1, 0.15) is 30.0 Å². The van der Waals surface area contributed by atoms with Crippen molar-refractivity contribution >= 4 is 35.0 Å². The van der Waals surface area contributed by atoms with Gasteiger partial charge in [0, 0.05) is 49.9 Å². The maximum Gasteiger partial charge on any atom is 0.246 e. The highest BCUT2D eigenvalue weighted by molar-refractivity contribution is 5.98. The lowest BCUT2D eigenvalue weighted by Crippen LogP contribution is -2.42. The van der Waals surface area contributed by atoms with E-state index in [4.69, 9.17) is 4.74 Å². The summed E-state index contributed by atoms with van der Waals surface area (Å²) in [6.45, 7) is 5.23. The van der Waals surface area contributed by atoms with Crippen LogP contribution >= 0.6 is 0 Å². The molecule has 1 atom stereocenters. The fourth-order valence-electron chi connectivity index (χ4n) is 3.58. The van der Waals surface area contributed by atoms with Gasteiger partial charge in [0.05, 0.1) is 5.56 Å².